The summed E-state index contributed by atoms with van der Waals surface area (Å²) in [6, 6.07) is 6.67. The van der Waals surface area contributed by atoms with Gasteiger partial charge >= 0.3 is 0 Å². The molecular weight excluding hydrogens is 321 g/mol. The Balaban J connectivity index is 1.56. The van der Waals surface area contributed by atoms with Crippen LogP contribution in [0.1, 0.15) is 42.0 Å². The molecule has 1 fully saturated rings. The number of hydrogen-bond acceptors (Lipinski definition) is 4. The van der Waals surface area contributed by atoms with E-state index in [1.165, 1.54) is 6.07 Å². The Labute approximate surface area is 145 Å². The summed E-state index contributed by atoms with van der Waals surface area (Å²) in [5.74, 6) is -0.268. The Bertz CT molecular complexity index is 924. The van der Waals surface area contributed by atoms with Crippen LogP contribution in [0.25, 0.3) is 11.0 Å². The molecule has 1 saturated heterocycles. The van der Waals surface area contributed by atoms with Gasteiger partial charge in [0.2, 0.25) is 0 Å². The van der Waals surface area contributed by atoms with Crippen molar-refractivity contribution in [3.05, 3.63) is 59.4 Å². The standard InChI is InChI=1S/C19H20FN3O2/c1-11-9-13(3-4-15(11)20)18(24)16-5-6-17(25-16)23-8-7-14-12(2)21-10-22-19(14)23/h3-4,7-10,16-18,24H,5-6H2,1-2H3. The number of nitrogens with zero attached hydrogens (tertiary/aromatic N) is 3. The highest BCUT2D eigenvalue weighted by molar-refractivity contribution is 5.78. The quantitative estimate of drug-likeness (QED) is 0.791. The Morgan fingerprint density at radius 3 is 2.88 bits per heavy atom. The molecule has 1 aliphatic rings. The van der Waals surface area contributed by atoms with Crippen LogP contribution in [0.5, 0.6) is 0 Å². The van der Waals surface area contributed by atoms with Crippen LogP contribution in [-0.2, 0) is 4.74 Å². The van der Waals surface area contributed by atoms with Gasteiger partial charge in [0.15, 0.2) is 0 Å². The van der Waals surface area contributed by atoms with Gasteiger partial charge in [0.25, 0.3) is 0 Å². The molecule has 0 radical (unpaired) electrons. The van der Waals surface area contributed by atoms with Crippen LogP contribution in [-0.4, -0.2) is 25.7 Å². The zero-order valence-electron chi connectivity index (χ0n) is 14.2. The molecule has 130 valence electrons. The van der Waals surface area contributed by atoms with E-state index in [0.717, 1.165) is 29.6 Å². The topological polar surface area (TPSA) is 60.2 Å². The molecule has 0 spiro atoms. The van der Waals surface area contributed by atoms with E-state index in [-0.39, 0.29) is 18.1 Å². The summed E-state index contributed by atoms with van der Waals surface area (Å²) in [4.78, 5) is 8.57. The van der Waals surface area contributed by atoms with Crippen molar-refractivity contribution in [1.82, 2.24) is 14.5 Å². The molecule has 1 aliphatic heterocycles. The maximum Gasteiger partial charge on any atom is 0.145 e. The van der Waals surface area contributed by atoms with Crippen LogP contribution in [0.2, 0.25) is 0 Å². The minimum absolute atomic E-state index is 0.173. The van der Waals surface area contributed by atoms with Crippen LogP contribution in [0.4, 0.5) is 4.39 Å². The van der Waals surface area contributed by atoms with Gasteiger partial charge in [-0.1, -0.05) is 12.1 Å². The maximum absolute atomic E-state index is 13.4. The molecule has 0 amide bonds. The van der Waals surface area contributed by atoms with Crippen molar-refractivity contribution >= 4 is 11.0 Å². The van der Waals surface area contributed by atoms with E-state index in [1.807, 2.05) is 23.8 Å². The first-order chi connectivity index (χ1) is 12.0. The van der Waals surface area contributed by atoms with Crippen molar-refractivity contribution in [3.63, 3.8) is 0 Å². The summed E-state index contributed by atoms with van der Waals surface area (Å²) in [6.07, 6.45) is 3.75. The molecule has 1 N–H and O–H groups in total. The van der Waals surface area contributed by atoms with E-state index >= 15 is 0 Å². The number of aliphatic hydroxyl groups is 1. The zero-order chi connectivity index (χ0) is 17.6. The molecule has 5 nitrogen and oxygen atoms in total. The Hall–Kier alpha value is -2.31. The molecule has 3 atom stereocenters. The van der Waals surface area contributed by atoms with E-state index < -0.39 is 6.10 Å². The first-order valence-electron chi connectivity index (χ1n) is 8.42. The van der Waals surface area contributed by atoms with Crippen molar-refractivity contribution in [2.45, 2.75) is 45.1 Å². The predicted molar refractivity (Wildman–Crippen MR) is 91.5 cm³/mol. The summed E-state index contributed by atoms with van der Waals surface area (Å²) in [6.45, 7) is 3.64. The van der Waals surface area contributed by atoms with Crippen molar-refractivity contribution < 1.29 is 14.2 Å². The molecule has 1 aromatic carbocycles. The normalized spacial score (nSPS) is 21.8. The molecular formula is C19H20FN3O2. The third kappa shape index (κ3) is 2.81. The van der Waals surface area contributed by atoms with E-state index in [4.69, 9.17) is 4.74 Å². The fourth-order valence-electron chi connectivity index (χ4n) is 3.48. The van der Waals surface area contributed by atoms with Crippen LogP contribution < -0.4 is 0 Å². The SMILES string of the molecule is Cc1cc(C(O)C2CCC(n3ccc4c(C)ncnc43)O2)ccc1F. The van der Waals surface area contributed by atoms with Crippen molar-refractivity contribution in [1.29, 1.82) is 0 Å². The number of halogens is 1. The number of fused-ring (bicyclic) bond motifs is 1. The van der Waals surface area contributed by atoms with Gasteiger partial charge in [-0.15, -0.1) is 0 Å². The lowest BCUT2D eigenvalue weighted by Gasteiger charge is -2.21. The Morgan fingerprint density at radius 2 is 2.08 bits per heavy atom. The third-order valence-corrected chi connectivity index (χ3v) is 4.92. The van der Waals surface area contributed by atoms with Crippen LogP contribution >= 0.6 is 0 Å². The Morgan fingerprint density at radius 1 is 1.24 bits per heavy atom. The number of hydrogen-bond donors (Lipinski definition) is 1. The van der Waals surface area contributed by atoms with E-state index in [9.17, 15) is 9.50 Å². The van der Waals surface area contributed by atoms with Gasteiger partial charge in [0, 0.05) is 11.6 Å². The van der Waals surface area contributed by atoms with Crippen LogP contribution in [0.15, 0.2) is 36.8 Å². The summed E-state index contributed by atoms with van der Waals surface area (Å²) in [5, 5.41) is 11.6. The lowest BCUT2D eigenvalue weighted by molar-refractivity contribution is -0.0590. The first-order valence-corrected chi connectivity index (χ1v) is 8.42. The predicted octanol–water partition coefficient (Wildman–Crippen LogP) is 3.60. The monoisotopic (exact) mass is 341 g/mol. The number of ether oxygens (including phenoxy) is 1. The summed E-state index contributed by atoms with van der Waals surface area (Å²) in [7, 11) is 0. The van der Waals surface area contributed by atoms with E-state index in [0.29, 0.717) is 11.1 Å². The number of benzene rings is 1. The molecule has 6 heteroatoms. The lowest BCUT2D eigenvalue weighted by Crippen LogP contribution is -2.19. The van der Waals surface area contributed by atoms with Crippen LogP contribution in [0.3, 0.4) is 0 Å². The smallest absolute Gasteiger partial charge is 0.145 e. The largest absolute Gasteiger partial charge is 0.386 e. The van der Waals surface area contributed by atoms with Gasteiger partial charge in [0.05, 0.1) is 11.8 Å². The number of aliphatic hydroxyl groups excluding tert-OH is 1. The highest BCUT2D eigenvalue weighted by atomic mass is 19.1. The minimum Gasteiger partial charge on any atom is -0.386 e. The summed E-state index contributed by atoms with van der Waals surface area (Å²) >= 11 is 0. The average Bonchev–Trinajstić information content (AvgIpc) is 3.24. The molecule has 0 saturated carbocycles. The maximum atomic E-state index is 13.4. The molecule has 4 rings (SSSR count). The van der Waals surface area contributed by atoms with Crippen LogP contribution in [0, 0.1) is 19.7 Å². The Kier molecular flexibility index (Phi) is 4.01. The van der Waals surface area contributed by atoms with E-state index in [1.54, 1.807) is 25.4 Å². The molecule has 3 heterocycles. The number of aromatic nitrogens is 3. The molecule has 3 unspecified atom stereocenters. The second-order valence-corrected chi connectivity index (χ2v) is 6.58. The summed E-state index contributed by atoms with van der Waals surface area (Å²) < 4.78 is 21.5. The number of aryl methyl sites for hydroxylation is 2. The highest BCUT2D eigenvalue weighted by Gasteiger charge is 2.33. The van der Waals surface area contributed by atoms with Gasteiger partial charge in [-0.2, -0.15) is 0 Å². The fourth-order valence-corrected chi connectivity index (χ4v) is 3.48. The molecule has 0 bridgehead atoms. The lowest BCUT2D eigenvalue weighted by atomic mass is 10.0. The molecule has 3 aromatic rings. The molecule has 25 heavy (non-hydrogen) atoms. The number of rotatable bonds is 3. The second-order valence-electron chi connectivity index (χ2n) is 6.58. The minimum atomic E-state index is -0.775. The van der Waals surface area contributed by atoms with Gasteiger partial charge in [-0.05, 0) is 49.9 Å². The second kappa shape index (κ2) is 6.20. The molecule has 2 aromatic heterocycles. The van der Waals surface area contributed by atoms with Gasteiger partial charge in [0.1, 0.15) is 30.1 Å². The fraction of sp³-hybridized carbons (Fsp3) is 0.368. The van der Waals surface area contributed by atoms with Gasteiger partial charge in [-0.25, -0.2) is 14.4 Å². The van der Waals surface area contributed by atoms with Crippen molar-refractivity contribution in [2.24, 2.45) is 0 Å². The highest BCUT2D eigenvalue weighted by Crippen LogP contribution is 2.37. The third-order valence-electron chi connectivity index (χ3n) is 4.92. The first kappa shape index (κ1) is 16.2. The molecule has 0 aliphatic carbocycles. The average molecular weight is 341 g/mol. The van der Waals surface area contributed by atoms with Gasteiger partial charge in [-0.3, -0.25) is 0 Å². The van der Waals surface area contributed by atoms with Gasteiger partial charge < -0.3 is 14.4 Å². The van der Waals surface area contributed by atoms with Crippen molar-refractivity contribution in [2.75, 3.05) is 0 Å². The van der Waals surface area contributed by atoms with Crippen molar-refractivity contribution in [3.8, 4) is 0 Å². The van der Waals surface area contributed by atoms with E-state index in [2.05, 4.69) is 9.97 Å². The zero-order valence-corrected chi connectivity index (χ0v) is 14.2. The summed E-state index contributed by atoms with van der Waals surface area (Å²) in [5.41, 5.74) is 2.97.